The SMILES string of the molecule is NC(=O)CC(=O)N1CCC2(CC1)C(=O)N(CC(=O)NC1CCCCC1)CN2c1ccccc1. The molecule has 1 spiro atoms. The molecule has 4 amide bonds. The van der Waals surface area contributed by atoms with E-state index < -0.39 is 11.4 Å². The van der Waals surface area contributed by atoms with Crippen LogP contribution in [0.2, 0.25) is 0 Å². The van der Waals surface area contributed by atoms with E-state index in [1.54, 1.807) is 9.80 Å². The van der Waals surface area contributed by atoms with Gasteiger partial charge in [-0.15, -0.1) is 0 Å². The van der Waals surface area contributed by atoms with Crippen LogP contribution in [0, 0.1) is 0 Å². The van der Waals surface area contributed by atoms with Crippen molar-refractivity contribution in [3.8, 4) is 0 Å². The Hall–Kier alpha value is -3.10. The van der Waals surface area contributed by atoms with Crippen molar-refractivity contribution < 1.29 is 19.2 Å². The first kappa shape index (κ1) is 23.1. The van der Waals surface area contributed by atoms with Crippen LogP contribution in [-0.4, -0.2) is 71.3 Å². The average molecular weight is 456 g/mol. The van der Waals surface area contributed by atoms with Gasteiger partial charge < -0.3 is 25.8 Å². The van der Waals surface area contributed by atoms with Gasteiger partial charge >= 0.3 is 0 Å². The Bertz CT molecular complexity index is 891. The van der Waals surface area contributed by atoms with Crippen LogP contribution in [0.1, 0.15) is 51.4 Å². The highest BCUT2D eigenvalue weighted by molar-refractivity contribution is 5.98. The van der Waals surface area contributed by atoms with Gasteiger partial charge in [0.05, 0.1) is 6.67 Å². The van der Waals surface area contributed by atoms with E-state index >= 15 is 0 Å². The third-order valence-electron chi connectivity index (χ3n) is 7.16. The van der Waals surface area contributed by atoms with E-state index in [4.69, 9.17) is 5.73 Å². The van der Waals surface area contributed by atoms with Crippen LogP contribution in [0.4, 0.5) is 5.69 Å². The molecule has 2 saturated heterocycles. The van der Waals surface area contributed by atoms with E-state index in [2.05, 4.69) is 10.2 Å². The highest BCUT2D eigenvalue weighted by Gasteiger charge is 2.54. The Morgan fingerprint density at radius 2 is 1.70 bits per heavy atom. The normalized spacial score (nSPS) is 20.8. The molecule has 0 unspecified atom stereocenters. The lowest BCUT2D eigenvalue weighted by Crippen LogP contribution is -2.57. The van der Waals surface area contributed by atoms with Gasteiger partial charge in [0, 0.05) is 24.8 Å². The van der Waals surface area contributed by atoms with Crippen molar-refractivity contribution in [1.82, 2.24) is 15.1 Å². The molecule has 1 aliphatic carbocycles. The van der Waals surface area contributed by atoms with Gasteiger partial charge in [-0.1, -0.05) is 37.5 Å². The summed E-state index contributed by atoms with van der Waals surface area (Å²) in [4.78, 5) is 55.2. The lowest BCUT2D eigenvalue weighted by Gasteiger charge is -2.43. The summed E-state index contributed by atoms with van der Waals surface area (Å²) in [7, 11) is 0. The molecule has 4 rings (SSSR count). The molecule has 9 heteroatoms. The van der Waals surface area contributed by atoms with Crippen molar-refractivity contribution in [2.75, 3.05) is 31.2 Å². The first-order chi connectivity index (χ1) is 15.9. The van der Waals surface area contributed by atoms with Crippen LogP contribution < -0.4 is 16.0 Å². The molecule has 178 valence electrons. The van der Waals surface area contributed by atoms with Gasteiger partial charge in [0.2, 0.25) is 17.7 Å². The third-order valence-corrected chi connectivity index (χ3v) is 7.16. The molecule has 9 nitrogen and oxygen atoms in total. The first-order valence-electron chi connectivity index (χ1n) is 11.9. The molecule has 2 aliphatic heterocycles. The number of nitrogens with one attached hydrogen (secondary N) is 1. The largest absolute Gasteiger partial charge is 0.369 e. The van der Waals surface area contributed by atoms with Crippen LogP contribution in [0.15, 0.2) is 30.3 Å². The van der Waals surface area contributed by atoms with Crippen molar-refractivity contribution in [3.63, 3.8) is 0 Å². The maximum atomic E-state index is 13.7. The number of carbonyl (C=O) groups excluding carboxylic acids is 4. The Morgan fingerprint density at radius 3 is 2.33 bits per heavy atom. The van der Waals surface area contributed by atoms with Crippen molar-refractivity contribution >= 4 is 29.3 Å². The number of hydrogen-bond acceptors (Lipinski definition) is 5. The lowest BCUT2D eigenvalue weighted by atomic mass is 9.85. The summed E-state index contributed by atoms with van der Waals surface area (Å²) in [5, 5.41) is 3.10. The maximum Gasteiger partial charge on any atom is 0.250 e. The number of likely N-dealkylation sites (tertiary alicyclic amines) is 1. The number of nitrogens with two attached hydrogens (primary N) is 1. The number of nitrogens with zero attached hydrogens (tertiary/aromatic N) is 3. The second kappa shape index (κ2) is 9.80. The number of piperidine rings is 1. The Balaban J connectivity index is 1.48. The number of benzene rings is 1. The smallest absolute Gasteiger partial charge is 0.250 e. The fourth-order valence-electron chi connectivity index (χ4n) is 5.40. The standard InChI is InChI=1S/C24H33N5O4/c25-20(30)15-22(32)27-13-11-24(12-14-27)23(33)28(17-29(24)19-9-5-2-6-10-19)16-21(31)26-18-7-3-1-4-8-18/h2,5-6,9-10,18H,1,3-4,7-8,11-17H2,(H2,25,30)(H,26,31). The zero-order valence-corrected chi connectivity index (χ0v) is 19.0. The van der Waals surface area contributed by atoms with Crippen LogP contribution in [0.25, 0.3) is 0 Å². The van der Waals surface area contributed by atoms with Crippen molar-refractivity contribution in [1.29, 1.82) is 0 Å². The number of para-hydroxylation sites is 1. The van der Waals surface area contributed by atoms with Gasteiger partial charge in [0.15, 0.2) is 0 Å². The van der Waals surface area contributed by atoms with Crippen molar-refractivity contribution in [3.05, 3.63) is 30.3 Å². The van der Waals surface area contributed by atoms with Crippen molar-refractivity contribution in [2.45, 2.75) is 62.9 Å². The van der Waals surface area contributed by atoms with E-state index in [1.807, 2.05) is 30.3 Å². The Kier molecular flexibility index (Phi) is 6.85. The number of amides is 4. The fourth-order valence-corrected chi connectivity index (χ4v) is 5.40. The summed E-state index contributed by atoms with van der Waals surface area (Å²) in [6.07, 6.45) is 6.01. The molecule has 1 saturated carbocycles. The molecule has 0 radical (unpaired) electrons. The van der Waals surface area contributed by atoms with E-state index in [1.165, 1.54) is 6.42 Å². The molecule has 0 bridgehead atoms. The molecule has 0 aromatic heterocycles. The van der Waals surface area contributed by atoms with Gasteiger partial charge in [-0.2, -0.15) is 0 Å². The molecular formula is C24H33N5O4. The van der Waals surface area contributed by atoms with Crippen LogP contribution in [0.5, 0.6) is 0 Å². The predicted molar refractivity (Wildman–Crippen MR) is 123 cm³/mol. The average Bonchev–Trinajstić information content (AvgIpc) is 3.06. The number of carbonyl (C=O) groups is 4. The molecular weight excluding hydrogens is 422 g/mol. The van der Waals surface area contributed by atoms with Gasteiger partial charge in [0.1, 0.15) is 18.5 Å². The first-order valence-corrected chi connectivity index (χ1v) is 11.9. The molecule has 3 aliphatic rings. The minimum Gasteiger partial charge on any atom is -0.369 e. The summed E-state index contributed by atoms with van der Waals surface area (Å²) in [5.41, 5.74) is 5.28. The Morgan fingerprint density at radius 1 is 1.03 bits per heavy atom. The molecule has 1 aromatic rings. The monoisotopic (exact) mass is 455 g/mol. The quantitative estimate of drug-likeness (QED) is 0.621. The van der Waals surface area contributed by atoms with E-state index in [-0.39, 0.29) is 36.7 Å². The van der Waals surface area contributed by atoms with Gasteiger partial charge in [-0.05, 0) is 37.8 Å². The number of rotatable bonds is 6. The number of anilines is 1. The third kappa shape index (κ3) is 4.96. The van der Waals surface area contributed by atoms with E-state index in [0.29, 0.717) is 32.6 Å². The fraction of sp³-hybridized carbons (Fsp3) is 0.583. The summed E-state index contributed by atoms with van der Waals surface area (Å²) >= 11 is 0. The summed E-state index contributed by atoms with van der Waals surface area (Å²) < 4.78 is 0. The number of primary amides is 1. The predicted octanol–water partition coefficient (Wildman–Crippen LogP) is 0.978. The summed E-state index contributed by atoms with van der Waals surface area (Å²) in [5.74, 6) is -1.16. The maximum absolute atomic E-state index is 13.7. The minimum absolute atomic E-state index is 0.0325. The molecule has 33 heavy (non-hydrogen) atoms. The summed E-state index contributed by atoms with van der Waals surface area (Å²) in [6.45, 7) is 1.09. The van der Waals surface area contributed by atoms with Gasteiger partial charge in [-0.3, -0.25) is 19.2 Å². The highest BCUT2D eigenvalue weighted by Crippen LogP contribution is 2.39. The topological polar surface area (TPSA) is 116 Å². The minimum atomic E-state index is -0.810. The zero-order valence-electron chi connectivity index (χ0n) is 19.0. The van der Waals surface area contributed by atoms with Gasteiger partial charge in [0.25, 0.3) is 5.91 Å². The zero-order chi connectivity index (χ0) is 23.4. The van der Waals surface area contributed by atoms with Crippen LogP contribution in [0.3, 0.4) is 0 Å². The van der Waals surface area contributed by atoms with Gasteiger partial charge in [-0.25, -0.2) is 0 Å². The molecule has 0 atom stereocenters. The van der Waals surface area contributed by atoms with Crippen LogP contribution in [-0.2, 0) is 19.2 Å². The Labute approximate surface area is 194 Å². The van der Waals surface area contributed by atoms with E-state index in [9.17, 15) is 19.2 Å². The molecule has 3 fully saturated rings. The lowest BCUT2D eigenvalue weighted by molar-refractivity contribution is -0.141. The van der Waals surface area contributed by atoms with E-state index in [0.717, 1.165) is 31.4 Å². The summed E-state index contributed by atoms with van der Waals surface area (Å²) in [6, 6.07) is 9.91. The second-order valence-electron chi connectivity index (χ2n) is 9.37. The molecule has 2 heterocycles. The molecule has 3 N–H and O–H groups in total. The second-order valence-corrected chi connectivity index (χ2v) is 9.37. The highest BCUT2D eigenvalue weighted by atomic mass is 16.2. The number of hydrogen-bond donors (Lipinski definition) is 2. The molecule has 1 aromatic carbocycles. The van der Waals surface area contributed by atoms with Crippen molar-refractivity contribution in [2.24, 2.45) is 5.73 Å². The van der Waals surface area contributed by atoms with Crippen LogP contribution >= 0.6 is 0 Å².